The van der Waals surface area contributed by atoms with Crippen LogP contribution >= 0.6 is 11.6 Å². The standard InChI is InChI=1S/C25H21ClN2O4/c1-16-19(13-18-5-2-3-7-23(18)32-16)14-22(25(30)27-15-21-6-4-12-31-21)28-24(29)17-8-10-20(26)11-9-17/h2-14,16H,15H2,1H3,(H,27,30)(H,28,29)/b22-14-. The minimum absolute atomic E-state index is 0.0950. The first-order valence-electron chi connectivity index (χ1n) is 10.1. The van der Waals surface area contributed by atoms with Crippen molar-refractivity contribution in [1.82, 2.24) is 10.6 Å². The van der Waals surface area contributed by atoms with Crippen molar-refractivity contribution in [3.05, 3.63) is 106 Å². The Morgan fingerprint density at radius 2 is 1.84 bits per heavy atom. The third-order valence-electron chi connectivity index (χ3n) is 4.93. The molecule has 32 heavy (non-hydrogen) atoms. The molecule has 2 N–H and O–H groups in total. The maximum atomic E-state index is 13.0. The predicted molar refractivity (Wildman–Crippen MR) is 122 cm³/mol. The molecule has 162 valence electrons. The maximum Gasteiger partial charge on any atom is 0.268 e. The van der Waals surface area contributed by atoms with Gasteiger partial charge in [-0.25, -0.2) is 0 Å². The molecule has 0 bridgehead atoms. The zero-order valence-corrected chi connectivity index (χ0v) is 18.1. The quantitative estimate of drug-likeness (QED) is 0.534. The van der Waals surface area contributed by atoms with Gasteiger partial charge in [0.2, 0.25) is 0 Å². The molecule has 0 saturated heterocycles. The lowest BCUT2D eigenvalue weighted by Gasteiger charge is -2.23. The molecular formula is C25H21ClN2O4. The Morgan fingerprint density at radius 3 is 2.59 bits per heavy atom. The summed E-state index contributed by atoms with van der Waals surface area (Å²) in [6.45, 7) is 2.07. The summed E-state index contributed by atoms with van der Waals surface area (Å²) >= 11 is 5.91. The van der Waals surface area contributed by atoms with Gasteiger partial charge in [0.1, 0.15) is 23.3 Å². The predicted octanol–water partition coefficient (Wildman–Crippen LogP) is 4.73. The summed E-state index contributed by atoms with van der Waals surface area (Å²) in [5.74, 6) is 0.498. The smallest absolute Gasteiger partial charge is 0.268 e. The fourth-order valence-electron chi connectivity index (χ4n) is 3.22. The van der Waals surface area contributed by atoms with Gasteiger partial charge in [0.05, 0.1) is 12.8 Å². The second-order valence-corrected chi connectivity index (χ2v) is 7.66. The topological polar surface area (TPSA) is 80.6 Å². The number of furan rings is 1. The highest BCUT2D eigenvalue weighted by Crippen LogP contribution is 2.30. The molecule has 2 aromatic carbocycles. The zero-order chi connectivity index (χ0) is 22.5. The van der Waals surface area contributed by atoms with E-state index in [0.29, 0.717) is 16.3 Å². The van der Waals surface area contributed by atoms with Crippen molar-refractivity contribution in [2.45, 2.75) is 19.6 Å². The normalized spacial score (nSPS) is 15.2. The van der Waals surface area contributed by atoms with Crippen molar-refractivity contribution in [2.24, 2.45) is 0 Å². The van der Waals surface area contributed by atoms with Gasteiger partial charge < -0.3 is 19.8 Å². The molecule has 1 aliphatic heterocycles. The van der Waals surface area contributed by atoms with E-state index in [-0.39, 0.29) is 18.3 Å². The summed E-state index contributed by atoms with van der Waals surface area (Å²) in [7, 11) is 0. The number of benzene rings is 2. The van der Waals surface area contributed by atoms with Crippen LogP contribution < -0.4 is 15.4 Å². The van der Waals surface area contributed by atoms with Gasteiger partial charge in [0, 0.05) is 16.1 Å². The van der Waals surface area contributed by atoms with E-state index in [2.05, 4.69) is 10.6 Å². The third kappa shape index (κ3) is 5.10. The third-order valence-corrected chi connectivity index (χ3v) is 5.18. The van der Waals surface area contributed by atoms with E-state index in [0.717, 1.165) is 16.9 Å². The largest absolute Gasteiger partial charge is 0.485 e. The second-order valence-electron chi connectivity index (χ2n) is 7.22. The van der Waals surface area contributed by atoms with Gasteiger partial charge in [-0.15, -0.1) is 0 Å². The summed E-state index contributed by atoms with van der Waals surface area (Å²) < 4.78 is 11.2. The van der Waals surface area contributed by atoms with Crippen LogP contribution in [0.2, 0.25) is 5.02 Å². The number of carbonyl (C=O) groups excluding carboxylic acids is 2. The van der Waals surface area contributed by atoms with Crippen LogP contribution in [0.3, 0.4) is 0 Å². The Kier molecular flexibility index (Phi) is 6.42. The highest BCUT2D eigenvalue weighted by molar-refractivity contribution is 6.30. The highest BCUT2D eigenvalue weighted by atomic mass is 35.5. The summed E-state index contributed by atoms with van der Waals surface area (Å²) in [5.41, 5.74) is 2.13. The average Bonchev–Trinajstić information content (AvgIpc) is 3.31. The summed E-state index contributed by atoms with van der Waals surface area (Å²) in [6.07, 6.45) is 4.80. The van der Waals surface area contributed by atoms with Gasteiger partial charge in [-0.2, -0.15) is 0 Å². The lowest BCUT2D eigenvalue weighted by Crippen LogP contribution is -2.35. The molecule has 1 unspecified atom stereocenters. The maximum absolute atomic E-state index is 13.0. The van der Waals surface area contributed by atoms with Crippen LogP contribution in [-0.4, -0.2) is 17.9 Å². The van der Waals surface area contributed by atoms with Gasteiger partial charge in [0.15, 0.2) is 0 Å². The van der Waals surface area contributed by atoms with Crippen LogP contribution in [0.25, 0.3) is 6.08 Å². The van der Waals surface area contributed by atoms with Crippen molar-refractivity contribution in [3.8, 4) is 5.75 Å². The van der Waals surface area contributed by atoms with E-state index in [1.54, 1.807) is 42.5 Å². The SMILES string of the molecule is CC1Oc2ccccc2C=C1/C=C(\NC(=O)c1ccc(Cl)cc1)C(=O)NCc1ccco1. The van der Waals surface area contributed by atoms with Crippen LogP contribution in [-0.2, 0) is 11.3 Å². The molecule has 0 saturated carbocycles. The number of nitrogens with one attached hydrogen (secondary N) is 2. The number of para-hydroxylation sites is 1. The molecule has 1 atom stereocenters. The highest BCUT2D eigenvalue weighted by Gasteiger charge is 2.21. The molecular weight excluding hydrogens is 428 g/mol. The molecule has 1 aliphatic rings. The first-order chi connectivity index (χ1) is 15.5. The van der Waals surface area contributed by atoms with Gasteiger partial charge in [-0.05, 0) is 67.1 Å². The number of hydrogen-bond acceptors (Lipinski definition) is 4. The molecule has 2 heterocycles. The number of amides is 2. The van der Waals surface area contributed by atoms with Crippen molar-refractivity contribution < 1.29 is 18.7 Å². The van der Waals surface area contributed by atoms with Crippen LogP contribution in [0.5, 0.6) is 5.75 Å². The van der Waals surface area contributed by atoms with Gasteiger partial charge in [-0.3, -0.25) is 9.59 Å². The van der Waals surface area contributed by atoms with Crippen molar-refractivity contribution in [3.63, 3.8) is 0 Å². The first kappa shape index (κ1) is 21.5. The number of fused-ring (bicyclic) bond motifs is 1. The molecule has 2 amide bonds. The molecule has 0 aliphatic carbocycles. The van der Waals surface area contributed by atoms with Crippen LogP contribution in [0, 0.1) is 0 Å². The van der Waals surface area contributed by atoms with E-state index >= 15 is 0 Å². The number of hydrogen-bond donors (Lipinski definition) is 2. The molecule has 0 radical (unpaired) electrons. The summed E-state index contributed by atoms with van der Waals surface area (Å²) in [4.78, 5) is 25.7. The van der Waals surface area contributed by atoms with E-state index in [4.69, 9.17) is 20.8 Å². The number of carbonyl (C=O) groups is 2. The molecule has 3 aromatic rings. The minimum atomic E-state index is -0.448. The molecule has 0 spiro atoms. The molecule has 0 fully saturated rings. The fraction of sp³-hybridized carbons (Fsp3) is 0.120. The van der Waals surface area contributed by atoms with Crippen LogP contribution in [0.15, 0.2) is 88.7 Å². The van der Waals surface area contributed by atoms with Crippen LogP contribution in [0.1, 0.15) is 28.6 Å². The lowest BCUT2D eigenvalue weighted by atomic mass is 10.0. The lowest BCUT2D eigenvalue weighted by molar-refractivity contribution is -0.118. The Labute approximate surface area is 190 Å². The Hall–Kier alpha value is -3.77. The van der Waals surface area contributed by atoms with Gasteiger partial charge in [-0.1, -0.05) is 29.8 Å². The summed E-state index contributed by atoms with van der Waals surface area (Å²) in [6, 6.07) is 17.6. The molecule has 4 rings (SSSR count). The van der Waals surface area contributed by atoms with Crippen molar-refractivity contribution >= 4 is 29.5 Å². The van der Waals surface area contributed by atoms with Gasteiger partial charge >= 0.3 is 0 Å². The Bertz CT molecular complexity index is 1180. The summed E-state index contributed by atoms with van der Waals surface area (Å²) in [5, 5.41) is 6.00. The molecule has 6 nitrogen and oxygen atoms in total. The van der Waals surface area contributed by atoms with E-state index in [1.165, 1.54) is 6.26 Å². The fourth-order valence-corrected chi connectivity index (χ4v) is 3.34. The van der Waals surface area contributed by atoms with Crippen molar-refractivity contribution in [2.75, 3.05) is 0 Å². The minimum Gasteiger partial charge on any atom is -0.485 e. The number of rotatable bonds is 6. The second kappa shape index (κ2) is 9.58. The first-order valence-corrected chi connectivity index (χ1v) is 10.4. The number of ether oxygens (including phenoxy) is 1. The monoisotopic (exact) mass is 448 g/mol. The average molecular weight is 449 g/mol. The Morgan fingerprint density at radius 1 is 1.06 bits per heavy atom. The van der Waals surface area contributed by atoms with Crippen molar-refractivity contribution in [1.29, 1.82) is 0 Å². The number of halogens is 1. The Balaban J connectivity index is 1.61. The van der Waals surface area contributed by atoms with E-state index < -0.39 is 11.8 Å². The molecule has 7 heteroatoms. The molecule has 1 aromatic heterocycles. The van der Waals surface area contributed by atoms with E-state index in [1.807, 2.05) is 37.3 Å². The van der Waals surface area contributed by atoms with Crippen LogP contribution in [0.4, 0.5) is 0 Å². The zero-order valence-electron chi connectivity index (χ0n) is 17.3. The van der Waals surface area contributed by atoms with Gasteiger partial charge in [0.25, 0.3) is 11.8 Å². The van der Waals surface area contributed by atoms with E-state index in [9.17, 15) is 9.59 Å².